The van der Waals surface area contributed by atoms with Gasteiger partial charge in [-0.2, -0.15) is 0 Å². The van der Waals surface area contributed by atoms with E-state index in [1.807, 2.05) is 0 Å². The van der Waals surface area contributed by atoms with Gasteiger partial charge in [0, 0.05) is 32.1 Å². The van der Waals surface area contributed by atoms with Crippen molar-refractivity contribution >= 4 is 23.2 Å². The molecule has 0 aromatic carbocycles. The lowest BCUT2D eigenvalue weighted by molar-refractivity contribution is 0.148. The highest BCUT2D eigenvalue weighted by molar-refractivity contribution is 6.17. The number of nitrogens with zero attached hydrogens (tertiary/aromatic N) is 2. The van der Waals surface area contributed by atoms with Crippen LogP contribution < -0.4 is 0 Å². The topological polar surface area (TPSA) is 6.48 Å². The summed E-state index contributed by atoms with van der Waals surface area (Å²) in [5.74, 6) is 0.774. The average molecular weight is 211 g/mol. The molecule has 0 saturated carbocycles. The van der Waals surface area contributed by atoms with E-state index in [0.717, 1.165) is 45.0 Å². The highest BCUT2D eigenvalue weighted by atomic mass is 35.5. The molecule has 1 aliphatic heterocycles. The van der Waals surface area contributed by atoms with E-state index in [2.05, 4.69) is 9.80 Å². The fourth-order valence-corrected chi connectivity index (χ4v) is 1.77. The van der Waals surface area contributed by atoms with E-state index in [1.54, 1.807) is 0 Å². The largest absolute Gasteiger partial charge is 0.301 e. The van der Waals surface area contributed by atoms with Crippen molar-refractivity contribution in [2.45, 2.75) is 6.42 Å². The normalized spacial score (nSPS) is 21.5. The smallest absolute Gasteiger partial charge is 0.0739 e. The lowest BCUT2D eigenvalue weighted by Crippen LogP contribution is -2.46. The molecule has 1 rings (SSSR count). The van der Waals surface area contributed by atoms with E-state index in [9.17, 15) is 0 Å². The van der Waals surface area contributed by atoms with Crippen molar-refractivity contribution in [2.24, 2.45) is 0 Å². The fourth-order valence-electron chi connectivity index (χ4n) is 1.42. The fraction of sp³-hybridized carbons (Fsp3) is 1.00. The molecule has 0 atom stereocenters. The molecule has 1 saturated heterocycles. The van der Waals surface area contributed by atoms with Crippen LogP contribution in [0.2, 0.25) is 0 Å². The molecule has 1 aliphatic rings. The second-order valence-electron chi connectivity index (χ2n) is 3.12. The van der Waals surface area contributed by atoms with E-state index >= 15 is 0 Å². The van der Waals surface area contributed by atoms with Crippen molar-refractivity contribution in [2.75, 3.05) is 44.6 Å². The van der Waals surface area contributed by atoms with Gasteiger partial charge in [-0.05, 0) is 13.0 Å². The highest BCUT2D eigenvalue weighted by Crippen LogP contribution is 2.03. The Bertz CT molecular complexity index is 114. The zero-order valence-electron chi connectivity index (χ0n) is 7.31. The van der Waals surface area contributed by atoms with Gasteiger partial charge in [0.05, 0.1) is 6.00 Å². The summed E-state index contributed by atoms with van der Waals surface area (Å²) in [7, 11) is 0. The Morgan fingerprint density at radius 3 is 2.00 bits per heavy atom. The molecule has 0 unspecified atom stereocenters. The quantitative estimate of drug-likeness (QED) is 0.512. The second kappa shape index (κ2) is 6.03. The second-order valence-corrected chi connectivity index (χ2v) is 3.74. The zero-order chi connectivity index (χ0) is 8.81. The lowest BCUT2D eigenvalue weighted by atomic mass is 10.3. The summed E-state index contributed by atoms with van der Waals surface area (Å²) in [4.78, 5) is 4.71. The van der Waals surface area contributed by atoms with Crippen molar-refractivity contribution in [1.29, 1.82) is 0 Å². The van der Waals surface area contributed by atoms with Crippen molar-refractivity contribution in [3.8, 4) is 0 Å². The molecule has 72 valence electrons. The van der Waals surface area contributed by atoms with Gasteiger partial charge >= 0.3 is 0 Å². The average Bonchev–Trinajstić information content (AvgIpc) is 2.15. The predicted octanol–water partition coefficient (Wildman–Crippen LogP) is 1.43. The van der Waals surface area contributed by atoms with Crippen LogP contribution in [0.15, 0.2) is 0 Å². The number of hydrogen-bond donors (Lipinski definition) is 0. The maximum Gasteiger partial charge on any atom is 0.0739 e. The maximum absolute atomic E-state index is 5.72. The molecule has 1 fully saturated rings. The molecule has 0 radical (unpaired) electrons. The van der Waals surface area contributed by atoms with Gasteiger partial charge in [-0.3, -0.25) is 4.90 Å². The van der Waals surface area contributed by atoms with Gasteiger partial charge < -0.3 is 4.90 Å². The number of piperazine rings is 1. The Morgan fingerprint density at radius 2 is 1.50 bits per heavy atom. The van der Waals surface area contributed by atoms with Crippen LogP contribution in [-0.2, 0) is 0 Å². The Morgan fingerprint density at radius 1 is 0.917 bits per heavy atom. The Balaban J connectivity index is 2.09. The van der Waals surface area contributed by atoms with Crippen molar-refractivity contribution in [3.05, 3.63) is 0 Å². The highest BCUT2D eigenvalue weighted by Gasteiger charge is 2.14. The molecular weight excluding hydrogens is 195 g/mol. The molecule has 1 heterocycles. The number of hydrogen-bond acceptors (Lipinski definition) is 2. The third-order valence-corrected chi connectivity index (χ3v) is 2.85. The van der Waals surface area contributed by atoms with Crippen molar-refractivity contribution in [1.82, 2.24) is 9.80 Å². The summed E-state index contributed by atoms with van der Waals surface area (Å²) in [5, 5.41) is 0. The number of rotatable bonds is 4. The first-order valence-corrected chi connectivity index (χ1v) is 5.50. The summed E-state index contributed by atoms with van der Waals surface area (Å²) in [6.45, 7) is 5.63. The van der Waals surface area contributed by atoms with Crippen molar-refractivity contribution in [3.63, 3.8) is 0 Å². The van der Waals surface area contributed by atoms with Crippen LogP contribution in [-0.4, -0.2) is 54.4 Å². The van der Waals surface area contributed by atoms with Crippen LogP contribution in [0.3, 0.4) is 0 Å². The summed E-state index contributed by atoms with van der Waals surface area (Å²) in [5.41, 5.74) is 0. The first-order valence-electron chi connectivity index (χ1n) is 4.43. The molecule has 0 N–H and O–H groups in total. The van der Waals surface area contributed by atoms with Gasteiger partial charge in [0.2, 0.25) is 0 Å². The zero-order valence-corrected chi connectivity index (χ0v) is 8.82. The van der Waals surface area contributed by atoms with E-state index in [0.29, 0.717) is 6.00 Å². The lowest BCUT2D eigenvalue weighted by Gasteiger charge is -2.33. The van der Waals surface area contributed by atoms with Gasteiger partial charge in [0.25, 0.3) is 0 Å². The van der Waals surface area contributed by atoms with Gasteiger partial charge in [-0.15, -0.1) is 23.2 Å². The van der Waals surface area contributed by atoms with Crippen molar-refractivity contribution < 1.29 is 0 Å². The first-order chi connectivity index (χ1) is 5.86. The molecule has 12 heavy (non-hydrogen) atoms. The standard InChI is InChI=1S/C8H16Cl2N2/c9-2-1-3-11-4-6-12(8-10)7-5-11/h1-8H2. The molecule has 2 nitrogen and oxygen atoms in total. The van der Waals surface area contributed by atoms with Crippen LogP contribution in [0.5, 0.6) is 0 Å². The third-order valence-electron chi connectivity index (χ3n) is 2.24. The molecule has 4 heteroatoms. The monoisotopic (exact) mass is 210 g/mol. The van der Waals surface area contributed by atoms with Crippen LogP contribution in [0, 0.1) is 0 Å². The summed E-state index contributed by atoms with van der Waals surface area (Å²) in [6.07, 6.45) is 1.10. The molecule has 0 aliphatic carbocycles. The predicted molar refractivity (Wildman–Crippen MR) is 54.1 cm³/mol. The number of halogens is 2. The van der Waals surface area contributed by atoms with Gasteiger partial charge in [0.15, 0.2) is 0 Å². The summed E-state index contributed by atoms with van der Waals surface area (Å²) >= 11 is 11.3. The Labute approximate surface area is 84.4 Å². The third kappa shape index (κ3) is 3.48. The molecule has 0 spiro atoms. The molecule has 0 aromatic rings. The minimum atomic E-state index is 0.670. The van der Waals surface area contributed by atoms with Crippen LogP contribution >= 0.6 is 23.2 Å². The van der Waals surface area contributed by atoms with E-state index < -0.39 is 0 Å². The molecule has 0 bridgehead atoms. The van der Waals surface area contributed by atoms with Crippen LogP contribution in [0.4, 0.5) is 0 Å². The SMILES string of the molecule is ClCCCN1CCN(CCl)CC1. The Hall–Kier alpha value is 0.500. The minimum Gasteiger partial charge on any atom is -0.301 e. The van der Waals surface area contributed by atoms with Crippen LogP contribution in [0.1, 0.15) is 6.42 Å². The minimum absolute atomic E-state index is 0.670. The Kier molecular flexibility index (Phi) is 5.32. The van der Waals surface area contributed by atoms with Crippen LogP contribution in [0.25, 0.3) is 0 Å². The van der Waals surface area contributed by atoms with Gasteiger partial charge in [0.1, 0.15) is 0 Å². The molecule has 0 amide bonds. The summed E-state index contributed by atoms with van der Waals surface area (Å²) in [6, 6.07) is 0.670. The molecule has 0 aromatic heterocycles. The van der Waals surface area contributed by atoms with E-state index in [-0.39, 0.29) is 0 Å². The first kappa shape index (κ1) is 10.6. The van der Waals surface area contributed by atoms with E-state index in [1.165, 1.54) is 0 Å². The van der Waals surface area contributed by atoms with Gasteiger partial charge in [-0.1, -0.05) is 0 Å². The molecular formula is C8H16Cl2N2. The summed E-state index contributed by atoms with van der Waals surface area (Å²) < 4.78 is 0. The maximum atomic E-state index is 5.72. The van der Waals surface area contributed by atoms with Gasteiger partial charge in [-0.25, -0.2) is 0 Å². The van der Waals surface area contributed by atoms with E-state index in [4.69, 9.17) is 23.2 Å². The number of alkyl halides is 2.